The molecule has 3 amide bonds. The second-order valence-electron chi connectivity index (χ2n) is 5.84. The number of ether oxygens (including phenoxy) is 2. The van der Waals surface area contributed by atoms with Gasteiger partial charge in [0.2, 0.25) is 12.4 Å². The van der Waals surface area contributed by atoms with E-state index >= 15 is 0 Å². The highest BCUT2D eigenvalue weighted by molar-refractivity contribution is 6.03. The van der Waals surface area contributed by atoms with Crippen molar-refractivity contribution in [3.8, 4) is 0 Å². The first-order valence-electron chi connectivity index (χ1n) is 5.94. The monoisotopic (exact) mass is 287 g/mol. The third kappa shape index (κ3) is 9.86. The summed E-state index contributed by atoms with van der Waals surface area (Å²) < 4.78 is 9.92. The first-order valence-corrected chi connectivity index (χ1v) is 5.94. The van der Waals surface area contributed by atoms with E-state index in [0.29, 0.717) is 0 Å². The Labute approximate surface area is 117 Å². The molecule has 114 valence electrons. The molecule has 0 spiro atoms. The minimum Gasteiger partial charge on any atom is -0.444 e. The number of hydrogen-bond donors (Lipinski definition) is 2. The largest absolute Gasteiger partial charge is 0.444 e. The zero-order chi connectivity index (χ0) is 16.0. The highest BCUT2D eigenvalue weighted by atomic mass is 16.6. The summed E-state index contributed by atoms with van der Waals surface area (Å²) in [6.45, 7) is 10.0. The summed E-state index contributed by atoms with van der Waals surface area (Å²) >= 11 is 0. The van der Waals surface area contributed by atoms with Crippen LogP contribution >= 0.6 is 0 Å². The molecule has 0 aliphatic heterocycles. The number of guanidine groups is 1. The van der Waals surface area contributed by atoms with Gasteiger partial charge in [-0.15, -0.1) is 0 Å². The Morgan fingerprint density at radius 3 is 1.50 bits per heavy atom. The average Bonchev–Trinajstić information content (AvgIpc) is 2.10. The van der Waals surface area contributed by atoms with E-state index < -0.39 is 23.4 Å². The molecule has 20 heavy (non-hydrogen) atoms. The highest BCUT2D eigenvalue weighted by Gasteiger charge is 2.21. The highest BCUT2D eigenvalue weighted by Crippen LogP contribution is 2.07. The predicted molar refractivity (Wildman–Crippen MR) is 72.2 cm³/mol. The second kappa shape index (κ2) is 6.88. The molecule has 2 N–H and O–H groups in total. The molecule has 0 aromatic rings. The number of alkyl carbamates (subject to hydrolysis) is 2. The van der Waals surface area contributed by atoms with Gasteiger partial charge in [0.15, 0.2) is 0 Å². The molecule has 0 saturated heterocycles. The lowest BCUT2D eigenvalue weighted by atomic mass is 10.2. The zero-order valence-electron chi connectivity index (χ0n) is 12.6. The van der Waals surface area contributed by atoms with Crippen molar-refractivity contribution < 1.29 is 23.9 Å². The van der Waals surface area contributed by atoms with E-state index in [4.69, 9.17) is 9.47 Å². The minimum absolute atomic E-state index is 0.171. The fourth-order valence-corrected chi connectivity index (χ4v) is 0.949. The molecule has 0 bridgehead atoms. The fraction of sp³-hybridized carbons (Fsp3) is 0.667. The first kappa shape index (κ1) is 17.9. The summed E-state index contributed by atoms with van der Waals surface area (Å²) in [7, 11) is 0. The molecule has 0 radical (unpaired) electrons. The van der Waals surface area contributed by atoms with Gasteiger partial charge in [0, 0.05) is 0 Å². The maximum absolute atomic E-state index is 11.5. The van der Waals surface area contributed by atoms with E-state index in [1.807, 2.05) is 0 Å². The van der Waals surface area contributed by atoms with Crippen LogP contribution in [0, 0.1) is 0 Å². The first-order chi connectivity index (χ1) is 8.93. The quantitative estimate of drug-likeness (QED) is 0.432. The Morgan fingerprint density at radius 2 is 1.25 bits per heavy atom. The number of rotatable bonds is 1. The van der Waals surface area contributed by atoms with Crippen molar-refractivity contribution in [1.29, 1.82) is 0 Å². The molecule has 0 rings (SSSR count). The summed E-state index contributed by atoms with van der Waals surface area (Å²) in [5.41, 5.74) is -1.44. The molecular weight excluding hydrogens is 266 g/mol. The van der Waals surface area contributed by atoms with Gasteiger partial charge in [-0.25, -0.2) is 9.59 Å². The Balaban J connectivity index is 4.61. The van der Waals surface area contributed by atoms with Crippen LogP contribution in [0.15, 0.2) is 4.99 Å². The van der Waals surface area contributed by atoms with E-state index in [0.717, 1.165) is 0 Å². The van der Waals surface area contributed by atoms with Crippen molar-refractivity contribution in [2.75, 3.05) is 0 Å². The van der Waals surface area contributed by atoms with Crippen LogP contribution in [0.3, 0.4) is 0 Å². The van der Waals surface area contributed by atoms with Crippen LogP contribution in [0.25, 0.3) is 0 Å². The van der Waals surface area contributed by atoms with Crippen molar-refractivity contribution in [2.45, 2.75) is 52.7 Å². The molecule has 0 aromatic heterocycles. The number of nitrogens with zero attached hydrogens (tertiary/aromatic N) is 1. The Bertz CT molecular complexity index is 372. The van der Waals surface area contributed by atoms with E-state index in [2.05, 4.69) is 15.6 Å². The van der Waals surface area contributed by atoms with Gasteiger partial charge in [0.1, 0.15) is 11.2 Å². The van der Waals surface area contributed by atoms with Gasteiger partial charge >= 0.3 is 12.2 Å². The molecular formula is C12H21N3O5. The van der Waals surface area contributed by atoms with Gasteiger partial charge in [-0.3, -0.25) is 15.4 Å². The van der Waals surface area contributed by atoms with Gasteiger partial charge in [0.05, 0.1) is 0 Å². The topological polar surface area (TPSA) is 106 Å². The van der Waals surface area contributed by atoms with Crippen LogP contribution in [0.1, 0.15) is 41.5 Å². The lowest BCUT2D eigenvalue weighted by molar-refractivity contribution is -0.106. The molecule has 0 aromatic carbocycles. The van der Waals surface area contributed by atoms with Gasteiger partial charge in [0.25, 0.3) is 0 Å². The molecule has 8 nitrogen and oxygen atoms in total. The number of carbonyl (C=O) groups excluding carboxylic acids is 3. The van der Waals surface area contributed by atoms with Crippen LogP contribution in [0.5, 0.6) is 0 Å². The summed E-state index contributed by atoms with van der Waals surface area (Å²) in [6, 6.07) is 0. The van der Waals surface area contributed by atoms with E-state index in [-0.39, 0.29) is 12.4 Å². The van der Waals surface area contributed by atoms with Crippen molar-refractivity contribution in [3.05, 3.63) is 0 Å². The molecule has 0 fully saturated rings. The number of carbonyl (C=O) groups is 3. The summed E-state index contributed by atoms with van der Waals surface area (Å²) in [4.78, 5) is 36.6. The van der Waals surface area contributed by atoms with E-state index in [1.54, 1.807) is 41.5 Å². The van der Waals surface area contributed by atoms with Gasteiger partial charge in [-0.2, -0.15) is 4.99 Å². The Kier molecular flexibility index (Phi) is 6.15. The van der Waals surface area contributed by atoms with Crippen LogP contribution < -0.4 is 10.6 Å². The third-order valence-electron chi connectivity index (χ3n) is 1.42. The van der Waals surface area contributed by atoms with Gasteiger partial charge in [-0.1, -0.05) is 0 Å². The summed E-state index contributed by atoms with van der Waals surface area (Å²) in [6.07, 6.45) is -1.53. The number of amides is 3. The average molecular weight is 287 g/mol. The van der Waals surface area contributed by atoms with E-state index in [9.17, 15) is 14.4 Å². The molecule has 8 heteroatoms. The van der Waals surface area contributed by atoms with Crippen LogP contribution in [0.4, 0.5) is 9.59 Å². The normalized spacial score (nSPS) is 11.1. The lowest BCUT2D eigenvalue weighted by Crippen LogP contribution is -2.47. The maximum atomic E-state index is 11.5. The van der Waals surface area contributed by atoms with Gasteiger partial charge in [-0.05, 0) is 41.5 Å². The minimum atomic E-state index is -0.853. The molecule has 0 heterocycles. The maximum Gasteiger partial charge on any atom is 0.414 e. The van der Waals surface area contributed by atoms with Gasteiger partial charge < -0.3 is 9.47 Å². The SMILES string of the molecule is CC(C)(C)OC(=O)NC(=NC=O)NC(=O)OC(C)(C)C. The molecule has 0 aliphatic rings. The molecule has 0 unspecified atom stereocenters. The number of nitrogens with one attached hydrogen (secondary N) is 2. The van der Waals surface area contributed by atoms with Crippen molar-refractivity contribution in [1.82, 2.24) is 10.6 Å². The predicted octanol–water partition coefficient (Wildman–Crippen LogP) is 1.55. The standard InChI is InChI=1S/C12H21N3O5/c1-11(2,3)19-9(17)14-8(13-7-16)15-10(18)20-12(4,5)6/h7H,1-6H3,(H2,13,14,15,16,17,18). The van der Waals surface area contributed by atoms with Crippen LogP contribution in [-0.2, 0) is 14.3 Å². The summed E-state index contributed by atoms with van der Waals surface area (Å²) in [5.74, 6) is -0.372. The molecule has 0 aliphatic carbocycles. The summed E-state index contributed by atoms with van der Waals surface area (Å²) in [5, 5.41) is 4.27. The second-order valence-corrected chi connectivity index (χ2v) is 5.84. The Hall–Kier alpha value is -2.12. The van der Waals surface area contributed by atoms with Crippen molar-refractivity contribution in [3.63, 3.8) is 0 Å². The molecule has 0 saturated carbocycles. The smallest absolute Gasteiger partial charge is 0.414 e. The lowest BCUT2D eigenvalue weighted by Gasteiger charge is -2.21. The third-order valence-corrected chi connectivity index (χ3v) is 1.42. The number of hydrogen-bond acceptors (Lipinski definition) is 5. The fourth-order valence-electron chi connectivity index (χ4n) is 0.949. The number of aliphatic imine (C=N–C) groups is 1. The van der Waals surface area contributed by atoms with Crippen molar-refractivity contribution >= 4 is 24.6 Å². The van der Waals surface area contributed by atoms with Crippen LogP contribution in [-0.4, -0.2) is 35.8 Å². The molecule has 0 atom stereocenters. The Morgan fingerprint density at radius 1 is 0.900 bits per heavy atom. The van der Waals surface area contributed by atoms with Crippen molar-refractivity contribution in [2.24, 2.45) is 4.99 Å². The van der Waals surface area contributed by atoms with E-state index in [1.165, 1.54) is 0 Å². The van der Waals surface area contributed by atoms with Crippen LogP contribution in [0.2, 0.25) is 0 Å². The zero-order valence-corrected chi connectivity index (χ0v) is 12.6.